The van der Waals surface area contributed by atoms with Crippen LogP contribution in [0.3, 0.4) is 0 Å². The number of hydrazine groups is 1. The van der Waals surface area contributed by atoms with Crippen LogP contribution >= 0.6 is 0 Å². The van der Waals surface area contributed by atoms with E-state index in [0.29, 0.717) is 24.1 Å². The Morgan fingerprint density at radius 2 is 2.00 bits per heavy atom. The molecule has 0 atom stereocenters. The third kappa shape index (κ3) is 4.09. The molecular weight excluding hydrogens is 254 g/mol. The molecule has 0 radical (unpaired) electrons. The van der Waals surface area contributed by atoms with Gasteiger partial charge in [-0.2, -0.15) is 0 Å². The van der Waals surface area contributed by atoms with E-state index in [1.165, 1.54) is 5.01 Å². The molecular formula is C11H21N3O3S. The molecule has 1 aromatic heterocycles. The Labute approximate surface area is 108 Å². The largest absolute Gasteiger partial charge is 0.464 e. The van der Waals surface area contributed by atoms with Crippen LogP contribution in [0, 0.1) is 6.92 Å². The highest BCUT2D eigenvalue weighted by atomic mass is 32.2. The van der Waals surface area contributed by atoms with E-state index in [0.717, 1.165) is 0 Å². The smallest absolute Gasteiger partial charge is 0.256 e. The lowest BCUT2D eigenvalue weighted by molar-refractivity contribution is 0.363. The van der Waals surface area contributed by atoms with Crippen molar-refractivity contribution >= 4 is 10.0 Å². The van der Waals surface area contributed by atoms with Gasteiger partial charge in [-0.05, 0) is 6.92 Å². The first-order valence-corrected chi connectivity index (χ1v) is 7.23. The van der Waals surface area contributed by atoms with Crippen molar-refractivity contribution in [3.05, 3.63) is 17.6 Å². The maximum Gasteiger partial charge on any atom is 0.256 e. The van der Waals surface area contributed by atoms with Crippen molar-refractivity contribution in [1.82, 2.24) is 15.2 Å². The van der Waals surface area contributed by atoms with Gasteiger partial charge in [0.25, 0.3) is 10.0 Å². The van der Waals surface area contributed by atoms with Gasteiger partial charge in [0.1, 0.15) is 16.4 Å². The maximum absolute atomic E-state index is 12.0. The summed E-state index contributed by atoms with van der Waals surface area (Å²) in [7, 11) is -0.315. The second-order valence-corrected chi connectivity index (χ2v) is 6.29. The van der Waals surface area contributed by atoms with Crippen LogP contribution in [0.5, 0.6) is 0 Å². The first-order chi connectivity index (χ1) is 8.22. The fourth-order valence-electron chi connectivity index (χ4n) is 1.47. The molecule has 1 rings (SSSR count). The molecule has 1 aromatic rings. The van der Waals surface area contributed by atoms with E-state index in [-0.39, 0.29) is 4.90 Å². The van der Waals surface area contributed by atoms with Gasteiger partial charge in [-0.25, -0.2) is 13.4 Å². The lowest BCUT2D eigenvalue weighted by Gasteiger charge is -2.11. The third-order valence-corrected chi connectivity index (χ3v) is 3.79. The molecule has 0 aliphatic carbocycles. The minimum atomic E-state index is -3.55. The van der Waals surface area contributed by atoms with Gasteiger partial charge in [0, 0.05) is 26.2 Å². The van der Waals surface area contributed by atoms with E-state index in [2.05, 4.69) is 10.1 Å². The highest BCUT2D eigenvalue weighted by Crippen LogP contribution is 2.19. The zero-order chi connectivity index (χ0) is 13.9. The molecule has 0 unspecified atom stereocenters. The SMILES string of the molecule is Cc1oc(CNC(C)C)cc1S(=O)(=O)NN(C)C. The Balaban J connectivity index is 2.91. The van der Waals surface area contributed by atoms with Crippen LogP contribution in [0.25, 0.3) is 0 Å². The van der Waals surface area contributed by atoms with Crippen LogP contribution < -0.4 is 10.1 Å². The molecule has 0 aromatic carbocycles. The summed E-state index contributed by atoms with van der Waals surface area (Å²) in [5, 5.41) is 4.56. The average Bonchev–Trinajstić information content (AvgIpc) is 2.55. The van der Waals surface area contributed by atoms with E-state index in [4.69, 9.17) is 4.42 Å². The lowest BCUT2D eigenvalue weighted by atomic mass is 10.3. The number of hydrogen-bond donors (Lipinski definition) is 2. The molecule has 0 aliphatic rings. The summed E-state index contributed by atoms with van der Waals surface area (Å²) >= 11 is 0. The minimum Gasteiger partial charge on any atom is -0.464 e. The van der Waals surface area contributed by atoms with E-state index >= 15 is 0 Å². The molecule has 0 saturated heterocycles. The first-order valence-electron chi connectivity index (χ1n) is 5.75. The van der Waals surface area contributed by atoms with Crippen molar-refractivity contribution in [3.8, 4) is 0 Å². The molecule has 104 valence electrons. The van der Waals surface area contributed by atoms with Gasteiger partial charge < -0.3 is 9.73 Å². The standard InChI is InChI=1S/C11H21N3O3S/c1-8(2)12-7-10-6-11(9(3)17-10)18(15,16)13-14(4)5/h6,8,12-13H,7H2,1-5H3. The summed E-state index contributed by atoms with van der Waals surface area (Å²) in [6, 6.07) is 1.87. The van der Waals surface area contributed by atoms with E-state index in [1.54, 1.807) is 27.1 Å². The van der Waals surface area contributed by atoms with Crippen molar-refractivity contribution in [3.63, 3.8) is 0 Å². The normalized spacial score (nSPS) is 12.6. The van der Waals surface area contributed by atoms with Crippen LogP contribution in [-0.2, 0) is 16.6 Å². The Kier molecular flexibility index (Phi) is 4.92. The van der Waals surface area contributed by atoms with Crippen molar-refractivity contribution in [2.75, 3.05) is 14.1 Å². The van der Waals surface area contributed by atoms with Gasteiger partial charge in [0.05, 0.1) is 6.54 Å². The number of nitrogens with zero attached hydrogens (tertiary/aromatic N) is 1. The molecule has 6 nitrogen and oxygen atoms in total. The van der Waals surface area contributed by atoms with E-state index < -0.39 is 10.0 Å². The first kappa shape index (κ1) is 15.2. The summed E-state index contributed by atoms with van der Waals surface area (Å²) < 4.78 is 29.4. The summed E-state index contributed by atoms with van der Waals surface area (Å²) in [6.07, 6.45) is 0. The van der Waals surface area contributed by atoms with Crippen LogP contribution in [0.4, 0.5) is 0 Å². The van der Waals surface area contributed by atoms with Crippen molar-refractivity contribution < 1.29 is 12.8 Å². The second kappa shape index (κ2) is 5.83. The Hall–Kier alpha value is -0.890. The van der Waals surface area contributed by atoms with E-state index in [1.807, 2.05) is 13.8 Å². The van der Waals surface area contributed by atoms with Gasteiger partial charge in [0.15, 0.2) is 0 Å². The molecule has 0 spiro atoms. The molecule has 18 heavy (non-hydrogen) atoms. The summed E-state index contributed by atoms with van der Waals surface area (Å²) in [6.45, 7) is 6.18. The molecule has 0 saturated carbocycles. The Morgan fingerprint density at radius 1 is 1.39 bits per heavy atom. The van der Waals surface area contributed by atoms with Crippen LogP contribution in [0.1, 0.15) is 25.4 Å². The zero-order valence-corrected chi connectivity index (χ0v) is 12.3. The topological polar surface area (TPSA) is 74.6 Å². The number of furan rings is 1. The highest BCUT2D eigenvalue weighted by molar-refractivity contribution is 7.89. The molecule has 2 N–H and O–H groups in total. The van der Waals surface area contributed by atoms with Crippen LogP contribution in [-0.4, -0.2) is 33.6 Å². The predicted molar refractivity (Wildman–Crippen MR) is 69.4 cm³/mol. The molecule has 0 fully saturated rings. The number of nitrogens with one attached hydrogen (secondary N) is 2. The van der Waals surface area contributed by atoms with Crippen molar-refractivity contribution in [1.29, 1.82) is 0 Å². The fraction of sp³-hybridized carbons (Fsp3) is 0.636. The maximum atomic E-state index is 12.0. The van der Waals surface area contributed by atoms with Gasteiger partial charge in [-0.15, -0.1) is 4.83 Å². The van der Waals surface area contributed by atoms with Gasteiger partial charge in [-0.3, -0.25) is 0 Å². The number of aryl methyl sites for hydroxylation is 1. The van der Waals surface area contributed by atoms with E-state index in [9.17, 15) is 8.42 Å². The summed E-state index contributed by atoms with van der Waals surface area (Å²) in [4.78, 5) is 2.56. The van der Waals surface area contributed by atoms with Crippen molar-refractivity contribution in [2.45, 2.75) is 38.3 Å². The molecule has 0 amide bonds. The lowest BCUT2D eigenvalue weighted by Crippen LogP contribution is -2.36. The van der Waals surface area contributed by atoms with Gasteiger partial charge in [0.2, 0.25) is 0 Å². The van der Waals surface area contributed by atoms with Crippen molar-refractivity contribution in [2.24, 2.45) is 0 Å². The van der Waals surface area contributed by atoms with Crippen LogP contribution in [0.15, 0.2) is 15.4 Å². The molecule has 1 heterocycles. The third-order valence-electron chi connectivity index (χ3n) is 2.20. The summed E-state index contributed by atoms with van der Waals surface area (Å²) in [5.74, 6) is 1.00. The number of rotatable bonds is 6. The number of sulfonamides is 1. The second-order valence-electron chi connectivity index (χ2n) is 4.66. The Morgan fingerprint density at radius 3 is 2.50 bits per heavy atom. The summed E-state index contributed by atoms with van der Waals surface area (Å²) in [5.41, 5.74) is 0. The fourth-order valence-corrected chi connectivity index (χ4v) is 2.76. The predicted octanol–water partition coefficient (Wildman–Crippen LogP) is 0.841. The monoisotopic (exact) mass is 275 g/mol. The molecule has 0 aliphatic heterocycles. The highest BCUT2D eigenvalue weighted by Gasteiger charge is 2.21. The molecule has 7 heteroatoms. The van der Waals surface area contributed by atoms with Gasteiger partial charge >= 0.3 is 0 Å². The number of hydrogen-bond acceptors (Lipinski definition) is 5. The average molecular weight is 275 g/mol. The minimum absolute atomic E-state index is 0.178. The quantitative estimate of drug-likeness (QED) is 0.753. The Bertz CT molecular complexity index is 492. The van der Waals surface area contributed by atoms with Crippen LogP contribution in [0.2, 0.25) is 0 Å². The molecule has 0 bridgehead atoms. The van der Waals surface area contributed by atoms with Gasteiger partial charge in [-0.1, -0.05) is 13.8 Å². The zero-order valence-electron chi connectivity index (χ0n) is 11.4.